The summed E-state index contributed by atoms with van der Waals surface area (Å²) in [5.74, 6) is -1.57. The van der Waals surface area contributed by atoms with Crippen LogP contribution in [0.3, 0.4) is 0 Å². The highest BCUT2D eigenvalue weighted by atomic mass is 32.2. The van der Waals surface area contributed by atoms with Gasteiger partial charge in [-0.05, 0) is 25.1 Å². The summed E-state index contributed by atoms with van der Waals surface area (Å²) in [5, 5.41) is 11.9. The first-order chi connectivity index (χ1) is 13.2. The Morgan fingerprint density at radius 1 is 1.50 bits per heavy atom. The van der Waals surface area contributed by atoms with Crippen LogP contribution >= 0.6 is 0 Å². The molecule has 1 aromatic heterocycles. The Morgan fingerprint density at radius 3 is 2.86 bits per heavy atom. The van der Waals surface area contributed by atoms with Crippen LogP contribution in [0.1, 0.15) is 17.4 Å². The number of aromatic nitrogens is 1. The van der Waals surface area contributed by atoms with Crippen molar-refractivity contribution in [1.29, 1.82) is 0 Å². The summed E-state index contributed by atoms with van der Waals surface area (Å²) in [4.78, 5) is 15.6. The van der Waals surface area contributed by atoms with E-state index >= 15 is 0 Å². The topological polar surface area (TPSA) is 114 Å². The van der Waals surface area contributed by atoms with Crippen molar-refractivity contribution >= 4 is 27.3 Å². The number of carbonyl (C=O) groups is 1. The highest BCUT2D eigenvalue weighted by Crippen LogP contribution is 2.34. The smallest absolute Gasteiger partial charge is 0.276 e. The molecule has 11 heteroatoms. The number of benzene rings is 1. The molecule has 0 spiro atoms. The summed E-state index contributed by atoms with van der Waals surface area (Å²) < 4.78 is 47.9. The number of amides is 1. The van der Waals surface area contributed by atoms with Gasteiger partial charge in [0.15, 0.2) is 11.4 Å². The summed E-state index contributed by atoms with van der Waals surface area (Å²) in [5.41, 5.74) is -0.159. The quantitative estimate of drug-likeness (QED) is 0.664. The van der Waals surface area contributed by atoms with E-state index in [-0.39, 0.29) is 27.7 Å². The average Bonchev–Trinajstić information content (AvgIpc) is 2.93. The number of anilines is 1. The lowest BCUT2D eigenvalue weighted by Gasteiger charge is -2.20. The molecule has 1 aromatic carbocycles. The summed E-state index contributed by atoms with van der Waals surface area (Å²) >= 11 is 0. The van der Waals surface area contributed by atoms with Gasteiger partial charge in [-0.15, -0.1) is 0 Å². The number of hydrogen-bond acceptors (Lipinski definition) is 5. The van der Waals surface area contributed by atoms with Crippen LogP contribution in [-0.4, -0.2) is 42.8 Å². The minimum absolute atomic E-state index is 0.0699. The first-order valence-corrected chi connectivity index (χ1v) is 9.63. The number of sulfonamides is 1. The molecule has 1 aliphatic rings. The van der Waals surface area contributed by atoms with E-state index in [2.05, 4.69) is 14.9 Å². The third kappa shape index (κ3) is 3.45. The molecule has 3 N–H and O–H groups in total. The monoisotopic (exact) mass is 408 g/mol. The number of aliphatic hydroxyl groups is 1. The lowest BCUT2D eigenvalue weighted by molar-refractivity contribution is 0.0999. The molecule has 0 unspecified atom stereocenters. The van der Waals surface area contributed by atoms with Gasteiger partial charge < -0.3 is 19.7 Å². The summed E-state index contributed by atoms with van der Waals surface area (Å²) in [6, 6.07) is 2.63. The predicted octanol–water partition coefficient (Wildman–Crippen LogP) is 1.39. The molecule has 0 radical (unpaired) electrons. The number of nitrogens with zero attached hydrogens (tertiary/aromatic N) is 2. The van der Waals surface area contributed by atoms with Crippen molar-refractivity contribution in [2.45, 2.75) is 24.0 Å². The molecule has 0 fully saturated rings. The van der Waals surface area contributed by atoms with Crippen LogP contribution in [0.15, 0.2) is 29.3 Å². The number of halogens is 1. The van der Waals surface area contributed by atoms with Crippen LogP contribution in [0.2, 0.25) is 0 Å². The Hall–Kier alpha value is -2.94. The lowest BCUT2D eigenvalue weighted by atomic mass is 10.2. The molecule has 2 aromatic rings. The zero-order valence-electron chi connectivity index (χ0n) is 14.9. The summed E-state index contributed by atoms with van der Waals surface area (Å²) in [7, 11) is -2.54. The Kier molecular flexibility index (Phi) is 5.12. The zero-order valence-corrected chi connectivity index (χ0v) is 15.7. The molecule has 9 nitrogen and oxygen atoms in total. The van der Waals surface area contributed by atoms with E-state index in [1.165, 1.54) is 29.9 Å². The normalized spacial score (nSPS) is 20.4. The number of carbonyl (C=O) groups excluding carboxylic acids is 1. The van der Waals surface area contributed by atoms with Crippen molar-refractivity contribution < 1.29 is 27.4 Å². The third-order valence-electron chi connectivity index (χ3n) is 4.31. The number of fused-ring (bicyclic) bond motifs is 1. The fourth-order valence-corrected chi connectivity index (χ4v) is 4.30. The number of ether oxygens (including phenoxy) is 1. The van der Waals surface area contributed by atoms with Gasteiger partial charge in [0.1, 0.15) is 16.8 Å². The molecule has 3 rings (SSSR count). The summed E-state index contributed by atoms with van der Waals surface area (Å²) in [6.45, 7) is 8.03. The van der Waals surface area contributed by atoms with E-state index in [0.717, 1.165) is 6.07 Å². The number of aliphatic hydroxyl groups excluding tert-OH is 1. The number of hydrogen-bond donors (Lipinski definition) is 3. The van der Waals surface area contributed by atoms with Gasteiger partial charge in [-0.2, -0.15) is 0 Å². The molecule has 148 valence electrons. The van der Waals surface area contributed by atoms with E-state index < -0.39 is 40.5 Å². The van der Waals surface area contributed by atoms with Crippen LogP contribution in [0.25, 0.3) is 4.85 Å². The van der Waals surface area contributed by atoms with E-state index in [4.69, 9.17) is 11.3 Å². The van der Waals surface area contributed by atoms with Crippen molar-refractivity contribution in [3.8, 4) is 5.75 Å². The zero-order chi connectivity index (χ0) is 20.6. The Balaban J connectivity index is 2.02. The first-order valence-electron chi connectivity index (χ1n) is 8.15. The summed E-state index contributed by atoms with van der Waals surface area (Å²) in [6.07, 6.45) is 0.489. The lowest BCUT2D eigenvalue weighted by Crippen LogP contribution is -2.44. The Morgan fingerprint density at radius 2 is 2.21 bits per heavy atom. The second-order valence-corrected chi connectivity index (χ2v) is 7.93. The first kappa shape index (κ1) is 19.8. The van der Waals surface area contributed by atoms with Crippen molar-refractivity contribution in [2.24, 2.45) is 7.05 Å². The Labute approximate surface area is 160 Å². The molecule has 1 amide bonds. The molecule has 0 bridgehead atoms. The fourth-order valence-electron chi connectivity index (χ4n) is 2.82. The van der Waals surface area contributed by atoms with Crippen molar-refractivity contribution in [1.82, 2.24) is 9.29 Å². The maximum Gasteiger partial charge on any atom is 0.276 e. The maximum absolute atomic E-state index is 13.5. The average molecular weight is 408 g/mol. The molecule has 0 saturated carbocycles. The highest BCUT2D eigenvalue weighted by molar-refractivity contribution is 7.89. The van der Waals surface area contributed by atoms with E-state index in [9.17, 15) is 22.7 Å². The van der Waals surface area contributed by atoms with Gasteiger partial charge in [0.2, 0.25) is 15.7 Å². The van der Waals surface area contributed by atoms with Crippen molar-refractivity contribution in [3.05, 3.63) is 47.3 Å². The second kappa shape index (κ2) is 7.23. The highest BCUT2D eigenvalue weighted by Gasteiger charge is 2.37. The molecule has 0 saturated heterocycles. The van der Waals surface area contributed by atoms with Crippen LogP contribution in [-0.2, 0) is 17.1 Å². The Bertz CT molecular complexity index is 1090. The molecule has 1 aliphatic heterocycles. The van der Waals surface area contributed by atoms with Gasteiger partial charge in [-0.1, -0.05) is 0 Å². The molecule has 28 heavy (non-hydrogen) atoms. The predicted molar refractivity (Wildman–Crippen MR) is 97.3 cm³/mol. The molecular weight excluding hydrogens is 391 g/mol. The van der Waals surface area contributed by atoms with Gasteiger partial charge >= 0.3 is 0 Å². The number of rotatable bonds is 3. The van der Waals surface area contributed by atoms with Gasteiger partial charge in [-0.25, -0.2) is 22.4 Å². The number of nitrogens with one attached hydrogen (secondary N) is 2. The van der Waals surface area contributed by atoms with Gasteiger partial charge in [-0.3, -0.25) is 4.79 Å². The van der Waals surface area contributed by atoms with Crippen LogP contribution < -0.4 is 14.8 Å². The van der Waals surface area contributed by atoms with Crippen molar-refractivity contribution in [2.75, 3.05) is 11.9 Å². The van der Waals surface area contributed by atoms with E-state index in [1.807, 2.05) is 0 Å². The minimum Gasteiger partial charge on any atom is -0.485 e. The SMILES string of the molecule is [C-]#[N+]c1cc(NC(=O)c2c3c(cn2C)S(=O)(=O)N[C@H](CO)[C@H](C)O3)ccc1F. The van der Waals surface area contributed by atoms with Crippen molar-refractivity contribution in [3.63, 3.8) is 0 Å². The fraction of sp³-hybridized carbons (Fsp3) is 0.294. The van der Waals surface area contributed by atoms with Gasteiger partial charge in [0.05, 0.1) is 19.2 Å². The van der Waals surface area contributed by atoms with E-state index in [1.54, 1.807) is 6.92 Å². The minimum atomic E-state index is -4.02. The molecule has 0 aliphatic carbocycles. The maximum atomic E-state index is 13.5. The van der Waals surface area contributed by atoms with Crippen LogP contribution in [0.4, 0.5) is 15.8 Å². The third-order valence-corrected chi connectivity index (χ3v) is 5.79. The van der Waals surface area contributed by atoms with Gasteiger partial charge in [0, 0.05) is 18.9 Å². The molecule has 2 atom stereocenters. The van der Waals surface area contributed by atoms with Gasteiger partial charge in [0.25, 0.3) is 5.91 Å². The van der Waals surface area contributed by atoms with Crippen LogP contribution in [0, 0.1) is 12.4 Å². The largest absolute Gasteiger partial charge is 0.485 e. The standard InChI is InChI=1S/C17H17FN4O5S/c1-9-13(8-23)21-28(25,26)14-7-22(3)15(16(14)27-9)17(24)20-10-4-5-11(18)12(6-10)19-2/h4-7,9,13,21,23H,8H2,1,3H3,(H,20,24)/t9-,13+/m0/s1. The molecule has 2 heterocycles. The number of aryl methyl sites for hydroxylation is 1. The van der Waals surface area contributed by atoms with E-state index in [0.29, 0.717) is 0 Å². The second-order valence-electron chi connectivity index (χ2n) is 6.25. The molecular formula is C17H17FN4O5S. The van der Waals surface area contributed by atoms with Crippen LogP contribution in [0.5, 0.6) is 5.75 Å².